The van der Waals surface area contributed by atoms with Gasteiger partial charge in [-0.3, -0.25) is 0 Å². The van der Waals surface area contributed by atoms with E-state index in [4.69, 9.17) is 9.42 Å². The minimum absolute atomic E-state index is 0.831. The number of aryl methyl sites for hydroxylation is 1. The Morgan fingerprint density at radius 1 is 1.04 bits per heavy atom. The molecule has 24 heavy (non-hydrogen) atoms. The highest BCUT2D eigenvalue weighted by molar-refractivity contribution is 6.49. The fourth-order valence-corrected chi connectivity index (χ4v) is 3.16. The molecule has 1 heterocycles. The van der Waals surface area contributed by atoms with E-state index >= 15 is 0 Å². The molecule has 0 amide bonds. The molecular formula is C19H21N3OSi. The molecule has 122 valence electrons. The standard InChI is InChI=1S/C19H21N3OSi/c1-22-14-13-20-19(22)18(15-9-5-4-6-10-15)21-16-11-7-8-12-17(16)23-24(2)3/h4-14,24H,1-3H3. The first kappa shape index (κ1) is 16.2. The lowest BCUT2D eigenvalue weighted by Gasteiger charge is -2.13. The SMILES string of the molecule is Cn1ccnc1C(=Nc1ccccc1O[SiH](C)C)c1ccccc1. The molecule has 0 spiro atoms. The highest BCUT2D eigenvalue weighted by atomic mass is 28.3. The second kappa shape index (κ2) is 7.27. The Kier molecular flexibility index (Phi) is 4.91. The van der Waals surface area contributed by atoms with Crippen LogP contribution in [-0.2, 0) is 7.05 Å². The monoisotopic (exact) mass is 335 g/mol. The first-order chi connectivity index (χ1) is 11.6. The van der Waals surface area contributed by atoms with Crippen molar-refractivity contribution in [3.8, 4) is 5.75 Å². The van der Waals surface area contributed by atoms with E-state index in [2.05, 4.69) is 18.1 Å². The van der Waals surface area contributed by atoms with Gasteiger partial charge in [-0.1, -0.05) is 42.5 Å². The third-order valence-electron chi connectivity index (χ3n) is 3.54. The van der Waals surface area contributed by atoms with Crippen LogP contribution in [0, 0.1) is 0 Å². The topological polar surface area (TPSA) is 39.4 Å². The molecule has 1 aromatic heterocycles. The highest BCUT2D eigenvalue weighted by Gasteiger charge is 2.13. The molecule has 3 rings (SSSR count). The maximum Gasteiger partial charge on any atom is 0.229 e. The van der Waals surface area contributed by atoms with Gasteiger partial charge in [-0.25, -0.2) is 9.98 Å². The molecule has 5 heteroatoms. The zero-order chi connectivity index (χ0) is 16.9. The highest BCUT2D eigenvalue weighted by Crippen LogP contribution is 2.29. The quantitative estimate of drug-likeness (QED) is 0.523. The van der Waals surface area contributed by atoms with Crippen LogP contribution in [0.25, 0.3) is 0 Å². The number of benzene rings is 2. The molecule has 0 bridgehead atoms. The van der Waals surface area contributed by atoms with Crippen LogP contribution in [-0.4, -0.2) is 24.3 Å². The molecule has 0 saturated heterocycles. The summed E-state index contributed by atoms with van der Waals surface area (Å²) in [6, 6.07) is 18.0. The number of aliphatic imine (C=N–C) groups is 1. The van der Waals surface area contributed by atoms with Crippen LogP contribution in [0.5, 0.6) is 5.75 Å². The lowest BCUT2D eigenvalue weighted by atomic mass is 10.1. The Morgan fingerprint density at radius 3 is 2.42 bits per heavy atom. The molecule has 0 radical (unpaired) electrons. The number of hydrogen-bond donors (Lipinski definition) is 0. The lowest BCUT2D eigenvalue weighted by molar-refractivity contribution is 0.582. The van der Waals surface area contributed by atoms with Crippen molar-refractivity contribution in [1.29, 1.82) is 0 Å². The van der Waals surface area contributed by atoms with E-state index in [1.54, 1.807) is 6.20 Å². The zero-order valence-electron chi connectivity index (χ0n) is 14.2. The summed E-state index contributed by atoms with van der Waals surface area (Å²) < 4.78 is 8.01. The maximum atomic E-state index is 6.03. The summed E-state index contributed by atoms with van der Waals surface area (Å²) >= 11 is 0. The van der Waals surface area contributed by atoms with Gasteiger partial charge in [0.2, 0.25) is 9.04 Å². The van der Waals surface area contributed by atoms with Gasteiger partial charge in [0.05, 0.1) is 0 Å². The summed E-state index contributed by atoms with van der Waals surface area (Å²) in [6.45, 7) is 4.30. The van der Waals surface area contributed by atoms with Gasteiger partial charge in [0.15, 0.2) is 5.82 Å². The van der Waals surface area contributed by atoms with Crippen molar-refractivity contribution in [1.82, 2.24) is 9.55 Å². The minimum Gasteiger partial charge on any atom is -0.546 e. The van der Waals surface area contributed by atoms with E-state index in [9.17, 15) is 0 Å². The van der Waals surface area contributed by atoms with Gasteiger partial charge < -0.3 is 8.99 Å². The predicted molar refractivity (Wildman–Crippen MR) is 101 cm³/mol. The molecule has 0 fully saturated rings. The van der Waals surface area contributed by atoms with Crippen LogP contribution in [0.2, 0.25) is 13.1 Å². The van der Waals surface area contributed by atoms with Crippen LogP contribution in [0.1, 0.15) is 11.4 Å². The van der Waals surface area contributed by atoms with Crippen molar-refractivity contribution < 1.29 is 4.43 Å². The number of hydrogen-bond acceptors (Lipinski definition) is 3. The third kappa shape index (κ3) is 3.63. The second-order valence-corrected chi connectivity index (χ2v) is 8.16. The second-order valence-electron chi connectivity index (χ2n) is 5.82. The van der Waals surface area contributed by atoms with E-state index in [1.807, 2.05) is 72.4 Å². The maximum absolute atomic E-state index is 6.03. The van der Waals surface area contributed by atoms with Crippen molar-refractivity contribution in [3.63, 3.8) is 0 Å². The molecule has 0 atom stereocenters. The Labute approximate surface area is 144 Å². The number of rotatable bonds is 5. The van der Waals surface area contributed by atoms with Crippen LogP contribution in [0.15, 0.2) is 72.0 Å². The van der Waals surface area contributed by atoms with Gasteiger partial charge in [-0.2, -0.15) is 0 Å². The van der Waals surface area contributed by atoms with E-state index in [1.165, 1.54) is 0 Å². The van der Waals surface area contributed by atoms with Crippen molar-refractivity contribution in [2.24, 2.45) is 12.0 Å². The summed E-state index contributed by atoms with van der Waals surface area (Å²) in [5, 5.41) is 0. The van der Waals surface area contributed by atoms with E-state index in [0.29, 0.717) is 0 Å². The van der Waals surface area contributed by atoms with Crippen molar-refractivity contribution >= 4 is 20.4 Å². The molecule has 0 N–H and O–H groups in total. The van der Waals surface area contributed by atoms with E-state index in [0.717, 1.165) is 28.5 Å². The Morgan fingerprint density at radius 2 is 1.75 bits per heavy atom. The normalized spacial score (nSPS) is 11.8. The predicted octanol–water partition coefficient (Wildman–Crippen LogP) is 3.95. The summed E-state index contributed by atoms with van der Waals surface area (Å²) in [6.07, 6.45) is 3.72. The summed E-state index contributed by atoms with van der Waals surface area (Å²) in [7, 11) is 0.771. The average molecular weight is 335 g/mol. The van der Waals surface area contributed by atoms with Crippen LogP contribution in [0.4, 0.5) is 5.69 Å². The molecule has 0 aliphatic rings. The first-order valence-corrected chi connectivity index (χ1v) is 10.8. The first-order valence-electron chi connectivity index (χ1n) is 8.02. The van der Waals surface area contributed by atoms with Crippen molar-refractivity contribution in [2.45, 2.75) is 13.1 Å². The number of aromatic nitrogens is 2. The van der Waals surface area contributed by atoms with E-state index < -0.39 is 9.04 Å². The van der Waals surface area contributed by atoms with Gasteiger partial charge in [0.1, 0.15) is 17.1 Å². The molecule has 0 saturated carbocycles. The molecular weight excluding hydrogens is 314 g/mol. The van der Waals surface area contributed by atoms with Crippen molar-refractivity contribution in [3.05, 3.63) is 78.4 Å². The average Bonchev–Trinajstić information content (AvgIpc) is 3.00. The Hall–Kier alpha value is -2.66. The molecule has 4 nitrogen and oxygen atoms in total. The summed E-state index contributed by atoms with van der Waals surface area (Å²) in [5.41, 5.74) is 2.70. The smallest absolute Gasteiger partial charge is 0.229 e. The molecule has 0 unspecified atom stereocenters. The molecule has 3 aromatic rings. The Balaban J connectivity index is 2.14. The van der Waals surface area contributed by atoms with Crippen molar-refractivity contribution in [2.75, 3.05) is 0 Å². The summed E-state index contributed by atoms with van der Waals surface area (Å²) in [5.74, 6) is 1.67. The van der Waals surface area contributed by atoms with Gasteiger partial charge in [0.25, 0.3) is 0 Å². The van der Waals surface area contributed by atoms with Crippen LogP contribution >= 0.6 is 0 Å². The number of imidazole rings is 1. The fourth-order valence-electron chi connectivity index (χ4n) is 2.46. The third-order valence-corrected chi connectivity index (χ3v) is 4.27. The molecule has 0 aliphatic carbocycles. The summed E-state index contributed by atoms with van der Waals surface area (Å²) in [4.78, 5) is 9.39. The van der Waals surface area contributed by atoms with Gasteiger partial charge in [0, 0.05) is 25.0 Å². The number of nitrogens with zero attached hydrogens (tertiary/aromatic N) is 3. The number of para-hydroxylation sites is 2. The molecule has 0 aliphatic heterocycles. The molecule has 2 aromatic carbocycles. The zero-order valence-corrected chi connectivity index (χ0v) is 15.3. The minimum atomic E-state index is -1.21. The lowest BCUT2D eigenvalue weighted by Crippen LogP contribution is -2.12. The largest absolute Gasteiger partial charge is 0.546 e. The van der Waals surface area contributed by atoms with Crippen LogP contribution < -0.4 is 4.43 Å². The Bertz CT molecular complexity index is 841. The fraction of sp³-hybridized carbons (Fsp3) is 0.158. The van der Waals surface area contributed by atoms with Crippen LogP contribution in [0.3, 0.4) is 0 Å². The van der Waals surface area contributed by atoms with E-state index in [-0.39, 0.29) is 0 Å². The van der Waals surface area contributed by atoms with Gasteiger partial charge >= 0.3 is 0 Å². The van der Waals surface area contributed by atoms with Gasteiger partial charge in [-0.15, -0.1) is 0 Å². The van der Waals surface area contributed by atoms with Gasteiger partial charge in [-0.05, 0) is 25.2 Å².